The van der Waals surface area contributed by atoms with Crippen LogP contribution in [0.1, 0.15) is 0 Å². The molecule has 2 unspecified atom stereocenters. The molecule has 6 nitrogen and oxygen atoms in total. The molecule has 0 saturated carbocycles. The lowest BCUT2D eigenvalue weighted by atomic mass is 9.99. The zero-order valence-corrected chi connectivity index (χ0v) is 8.16. The van der Waals surface area contributed by atoms with Crippen LogP contribution in [0.25, 0.3) is 0 Å². The van der Waals surface area contributed by atoms with Crippen LogP contribution >= 0.6 is 0 Å². The van der Waals surface area contributed by atoms with Crippen molar-refractivity contribution in [1.82, 2.24) is 0 Å². The largest absolute Gasteiger partial charge is 0.387 e. The molecule has 1 aliphatic heterocycles. The van der Waals surface area contributed by atoms with E-state index in [9.17, 15) is 15.3 Å². The summed E-state index contributed by atoms with van der Waals surface area (Å²) >= 11 is 0. The van der Waals surface area contributed by atoms with Crippen LogP contribution in [0.5, 0.6) is 0 Å². The van der Waals surface area contributed by atoms with E-state index in [1.807, 2.05) is 0 Å². The van der Waals surface area contributed by atoms with Crippen molar-refractivity contribution in [1.29, 1.82) is 0 Å². The van der Waals surface area contributed by atoms with Crippen LogP contribution in [-0.2, 0) is 14.2 Å². The summed E-state index contributed by atoms with van der Waals surface area (Å²) in [6.45, 7) is 0.180. The summed E-state index contributed by atoms with van der Waals surface area (Å²) in [5.41, 5.74) is 0. The van der Waals surface area contributed by atoms with Gasteiger partial charge in [-0.15, -0.1) is 0 Å². The van der Waals surface area contributed by atoms with Gasteiger partial charge in [0.15, 0.2) is 6.29 Å². The summed E-state index contributed by atoms with van der Waals surface area (Å²) in [5, 5.41) is 28.0. The maximum atomic E-state index is 9.53. The molecule has 5 atom stereocenters. The molecule has 3 N–H and O–H groups in total. The number of methoxy groups -OCH3 is 2. The highest BCUT2D eigenvalue weighted by atomic mass is 16.7. The van der Waals surface area contributed by atoms with E-state index in [2.05, 4.69) is 0 Å². The fourth-order valence-corrected chi connectivity index (χ4v) is 1.51. The predicted octanol–water partition coefficient (Wildman–Crippen LogP) is -1.91. The molecule has 1 rings (SSSR count). The van der Waals surface area contributed by atoms with E-state index < -0.39 is 30.7 Å². The Labute approximate surface area is 82.0 Å². The molecule has 1 heterocycles. The van der Waals surface area contributed by atoms with Crippen LogP contribution < -0.4 is 0 Å². The van der Waals surface area contributed by atoms with Crippen molar-refractivity contribution >= 4 is 0 Å². The van der Waals surface area contributed by atoms with Crippen molar-refractivity contribution in [2.75, 3.05) is 20.8 Å². The Morgan fingerprint density at radius 2 is 1.79 bits per heavy atom. The molecule has 0 aromatic rings. The molecule has 0 spiro atoms. The summed E-state index contributed by atoms with van der Waals surface area (Å²) in [4.78, 5) is 0. The normalized spacial score (nSPS) is 43.9. The molecule has 0 amide bonds. The Bertz CT molecular complexity index is 175. The minimum absolute atomic E-state index is 0.180. The average Bonchev–Trinajstić information content (AvgIpc) is 2.16. The number of aliphatic hydroxyl groups excluding tert-OH is 3. The van der Waals surface area contributed by atoms with Gasteiger partial charge in [-0.2, -0.15) is 0 Å². The van der Waals surface area contributed by atoms with Gasteiger partial charge in [0.2, 0.25) is 0 Å². The number of hydrogen-bond donors (Lipinski definition) is 3. The maximum Gasteiger partial charge on any atom is 0.184 e. The Morgan fingerprint density at radius 1 is 1.14 bits per heavy atom. The van der Waals surface area contributed by atoms with Crippen LogP contribution in [0.2, 0.25) is 0 Å². The summed E-state index contributed by atoms with van der Waals surface area (Å²) in [5.74, 6) is 0. The molecular weight excluding hydrogens is 192 g/mol. The van der Waals surface area contributed by atoms with Crippen LogP contribution in [0.4, 0.5) is 0 Å². The Balaban J connectivity index is 2.66. The highest BCUT2D eigenvalue weighted by Gasteiger charge is 2.43. The first-order valence-corrected chi connectivity index (χ1v) is 4.33. The van der Waals surface area contributed by atoms with Gasteiger partial charge in [0.05, 0.1) is 6.61 Å². The van der Waals surface area contributed by atoms with Gasteiger partial charge in [-0.25, -0.2) is 0 Å². The molecular formula is C8H16O6. The predicted molar refractivity (Wildman–Crippen MR) is 45.6 cm³/mol. The zero-order chi connectivity index (χ0) is 10.7. The molecule has 1 fully saturated rings. The average molecular weight is 208 g/mol. The third-order valence-electron chi connectivity index (χ3n) is 2.26. The quantitative estimate of drug-likeness (QED) is 0.501. The second-order valence-electron chi connectivity index (χ2n) is 3.20. The van der Waals surface area contributed by atoms with E-state index in [0.29, 0.717) is 0 Å². The molecule has 0 aromatic carbocycles. The SMILES string of the molecule is COCC1O[C@H](O)C(O)[C@H](O)[C@@H]1OC. The van der Waals surface area contributed by atoms with Crippen LogP contribution in [-0.4, -0.2) is 66.9 Å². The lowest BCUT2D eigenvalue weighted by molar-refractivity contribution is -0.291. The molecule has 84 valence electrons. The third kappa shape index (κ3) is 2.22. The Kier molecular flexibility index (Phi) is 4.24. The van der Waals surface area contributed by atoms with E-state index in [1.54, 1.807) is 0 Å². The van der Waals surface area contributed by atoms with Gasteiger partial charge in [0, 0.05) is 14.2 Å². The molecule has 0 radical (unpaired) electrons. The highest BCUT2D eigenvalue weighted by molar-refractivity contribution is 4.89. The summed E-state index contributed by atoms with van der Waals surface area (Å²) in [7, 11) is 2.87. The van der Waals surface area contributed by atoms with Gasteiger partial charge >= 0.3 is 0 Å². The molecule has 6 heteroatoms. The number of aliphatic hydroxyl groups is 3. The van der Waals surface area contributed by atoms with Crippen LogP contribution in [0.3, 0.4) is 0 Å². The fraction of sp³-hybridized carbons (Fsp3) is 1.00. The van der Waals surface area contributed by atoms with E-state index in [-0.39, 0.29) is 6.61 Å². The van der Waals surface area contributed by atoms with E-state index in [4.69, 9.17) is 14.2 Å². The lowest BCUT2D eigenvalue weighted by Crippen LogP contribution is -2.59. The molecule has 0 aromatic heterocycles. The van der Waals surface area contributed by atoms with Crippen molar-refractivity contribution in [2.24, 2.45) is 0 Å². The van der Waals surface area contributed by atoms with Gasteiger partial charge in [0.1, 0.15) is 24.4 Å². The van der Waals surface area contributed by atoms with Gasteiger partial charge in [-0.3, -0.25) is 0 Å². The second-order valence-corrected chi connectivity index (χ2v) is 3.20. The number of rotatable bonds is 3. The summed E-state index contributed by atoms with van der Waals surface area (Å²) < 4.78 is 14.8. The molecule has 14 heavy (non-hydrogen) atoms. The first kappa shape index (κ1) is 11.8. The standard InChI is InChI=1S/C8H16O6/c1-12-3-4-7(13-2)5(9)6(10)8(11)14-4/h4-11H,3H2,1-2H3/t4?,5-,6?,7+,8-/m0/s1. The van der Waals surface area contributed by atoms with Crippen molar-refractivity contribution in [3.8, 4) is 0 Å². The van der Waals surface area contributed by atoms with Gasteiger partial charge in [-0.1, -0.05) is 0 Å². The molecule has 0 aliphatic carbocycles. The third-order valence-corrected chi connectivity index (χ3v) is 2.26. The van der Waals surface area contributed by atoms with Crippen molar-refractivity contribution in [3.63, 3.8) is 0 Å². The molecule has 1 saturated heterocycles. The molecule has 1 aliphatic rings. The van der Waals surface area contributed by atoms with Gasteiger partial charge in [0.25, 0.3) is 0 Å². The number of hydrogen-bond acceptors (Lipinski definition) is 6. The van der Waals surface area contributed by atoms with E-state index >= 15 is 0 Å². The topological polar surface area (TPSA) is 88.4 Å². The van der Waals surface area contributed by atoms with Gasteiger partial charge in [-0.05, 0) is 0 Å². The van der Waals surface area contributed by atoms with Gasteiger partial charge < -0.3 is 29.5 Å². The Hall–Kier alpha value is -0.240. The monoisotopic (exact) mass is 208 g/mol. The minimum Gasteiger partial charge on any atom is -0.387 e. The summed E-state index contributed by atoms with van der Waals surface area (Å²) in [6.07, 6.45) is -5.22. The smallest absolute Gasteiger partial charge is 0.184 e. The van der Waals surface area contributed by atoms with Crippen LogP contribution in [0, 0.1) is 0 Å². The highest BCUT2D eigenvalue weighted by Crippen LogP contribution is 2.21. The first-order chi connectivity index (χ1) is 6.61. The summed E-state index contributed by atoms with van der Waals surface area (Å²) in [6, 6.07) is 0. The van der Waals surface area contributed by atoms with Crippen molar-refractivity contribution < 1.29 is 29.5 Å². The lowest BCUT2D eigenvalue weighted by Gasteiger charge is -2.39. The van der Waals surface area contributed by atoms with Crippen LogP contribution in [0.15, 0.2) is 0 Å². The van der Waals surface area contributed by atoms with Crippen molar-refractivity contribution in [3.05, 3.63) is 0 Å². The Morgan fingerprint density at radius 3 is 2.29 bits per heavy atom. The zero-order valence-electron chi connectivity index (χ0n) is 8.16. The second kappa shape index (κ2) is 5.01. The van der Waals surface area contributed by atoms with E-state index in [0.717, 1.165) is 0 Å². The van der Waals surface area contributed by atoms with Crippen molar-refractivity contribution in [2.45, 2.75) is 30.7 Å². The minimum atomic E-state index is -1.41. The fourth-order valence-electron chi connectivity index (χ4n) is 1.51. The number of ether oxygens (including phenoxy) is 3. The van der Waals surface area contributed by atoms with E-state index in [1.165, 1.54) is 14.2 Å². The molecule has 0 bridgehead atoms. The maximum absolute atomic E-state index is 9.53. The first-order valence-electron chi connectivity index (χ1n) is 4.33.